The first kappa shape index (κ1) is 22.6. The third-order valence-electron chi connectivity index (χ3n) is 2.41. The van der Waals surface area contributed by atoms with Crippen LogP contribution in [0, 0.1) is 0 Å². The van der Waals surface area contributed by atoms with E-state index in [-0.39, 0.29) is 0 Å². The SMILES string of the molecule is CC(=O)O.CCCCCC.CCCCCCCC. The van der Waals surface area contributed by atoms with E-state index in [0.29, 0.717) is 0 Å². The van der Waals surface area contributed by atoms with Crippen molar-refractivity contribution in [2.24, 2.45) is 0 Å². The predicted octanol–water partition coefficient (Wildman–Crippen LogP) is 6.04. The summed E-state index contributed by atoms with van der Waals surface area (Å²) in [5.74, 6) is -0.833. The van der Waals surface area contributed by atoms with Gasteiger partial charge in [0, 0.05) is 6.92 Å². The standard InChI is InChI=1S/C8H18.C6H14.C2H4O2/c1-3-5-7-8-6-4-2;1-3-5-6-4-2;1-2(3)4/h3-8H2,1-2H3;3-6H2,1-2H3;1H3,(H,3,4). The summed E-state index contributed by atoms with van der Waals surface area (Å²) in [6.45, 7) is 10.1. The van der Waals surface area contributed by atoms with Crippen molar-refractivity contribution in [2.45, 2.75) is 98.8 Å². The van der Waals surface area contributed by atoms with Crippen LogP contribution in [0.15, 0.2) is 0 Å². The van der Waals surface area contributed by atoms with Crippen LogP contribution >= 0.6 is 0 Å². The third kappa shape index (κ3) is 58.0. The van der Waals surface area contributed by atoms with E-state index in [9.17, 15) is 0 Å². The summed E-state index contributed by atoms with van der Waals surface area (Å²) in [4.78, 5) is 9.00. The van der Waals surface area contributed by atoms with Gasteiger partial charge in [0.1, 0.15) is 0 Å². The first-order valence-electron chi connectivity index (χ1n) is 7.76. The molecule has 112 valence electrons. The largest absolute Gasteiger partial charge is 0.481 e. The Hall–Kier alpha value is -0.530. The van der Waals surface area contributed by atoms with E-state index in [1.807, 2.05) is 0 Å². The molecule has 0 aromatic rings. The van der Waals surface area contributed by atoms with Crippen LogP contribution in [0.1, 0.15) is 98.8 Å². The van der Waals surface area contributed by atoms with Crippen LogP contribution in [0.25, 0.3) is 0 Å². The zero-order valence-electron chi connectivity index (χ0n) is 13.4. The number of carboxylic acid groups (broad SMARTS) is 1. The second-order valence-corrected chi connectivity index (χ2v) is 4.64. The Balaban J connectivity index is -0.000000200. The zero-order chi connectivity index (χ0) is 14.6. The molecule has 0 fully saturated rings. The van der Waals surface area contributed by atoms with Crippen molar-refractivity contribution < 1.29 is 9.90 Å². The van der Waals surface area contributed by atoms with Crippen molar-refractivity contribution in [3.63, 3.8) is 0 Å². The Morgan fingerprint density at radius 1 is 0.667 bits per heavy atom. The van der Waals surface area contributed by atoms with E-state index >= 15 is 0 Å². The zero-order valence-corrected chi connectivity index (χ0v) is 13.4. The molecule has 0 aromatic carbocycles. The first-order valence-corrected chi connectivity index (χ1v) is 7.76. The van der Waals surface area contributed by atoms with Crippen LogP contribution in [-0.4, -0.2) is 11.1 Å². The number of unbranched alkanes of at least 4 members (excludes halogenated alkanes) is 8. The molecule has 2 nitrogen and oxygen atoms in total. The topological polar surface area (TPSA) is 37.3 Å². The minimum absolute atomic E-state index is 0.833. The van der Waals surface area contributed by atoms with Crippen molar-refractivity contribution in [1.82, 2.24) is 0 Å². The molecule has 0 unspecified atom stereocenters. The van der Waals surface area contributed by atoms with Gasteiger partial charge in [-0.1, -0.05) is 91.9 Å². The van der Waals surface area contributed by atoms with E-state index in [1.165, 1.54) is 64.2 Å². The number of hydrogen-bond donors (Lipinski definition) is 1. The average Bonchev–Trinajstić information content (AvgIpc) is 2.32. The Labute approximate surface area is 115 Å². The summed E-state index contributed by atoms with van der Waals surface area (Å²) < 4.78 is 0. The van der Waals surface area contributed by atoms with Gasteiger partial charge in [0.15, 0.2) is 0 Å². The third-order valence-corrected chi connectivity index (χ3v) is 2.41. The Kier molecular flexibility index (Phi) is 31.9. The summed E-state index contributed by atoms with van der Waals surface area (Å²) in [7, 11) is 0. The maximum absolute atomic E-state index is 9.00. The van der Waals surface area contributed by atoms with Crippen LogP contribution in [0.3, 0.4) is 0 Å². The fourth-order valence-corrected chi connectivity index (χ4v) is 1.35. The van der Waals surface area contributed by atoms with Gasteiger partial charge in [-0.05, 0) is 0 Å². The fourth-order valence-electron chi connectivity index (χ4n) is 1.35. The number of carbonyl (C=O) groups is 1. The molecule has 0 saturated heterocycles. The van der Waals surface area contributed by atoms with Crippen molar-refractivity contribution in [1.29, 1.82) is 0 Å². The van der Waals surface area contributed by atoms with Gasteiger partial charge < -0.3 is 5.11 Å². The van der Waals surface area contributed by atoms with Gasteiger partial charge in [-0.25, -0.2) is 0 Å². The summed E-state index contributed by atoms with van der Waals surface area (Å²) >= 11 is 0. The summed E-state index contributed by atoms with van der Waals surface area (Å²) in [6.07, 6.45) is 14.0. The normalized spacial score (nSPS) is 8.72. The van der Waals surface area contributed by atoms with Crippen molar-refractivity contribution >= 4 is 5.97 Å². The highest BCUT2D eigenvalue weighted by Gasteiger charge is 1.83. The predicted molar refractivity (Wildman–Crippen MR) is 82.2 cm³/mol. The van der Waals surface area contributed by atoms with Crippen molar-refractivity contribution in [3.8, 4) is 0 Å². The lowest BCUT2D eigenvalue weighted by molar-refractivity contribution is -0.134. The molecule has 0 heterocycles. The molecule has 0 radical (unpaired) electrons. The molecule has 0 aliphatic rings. The highest BCUT2D eigenvalue weighted by Crippen LogP contribution is 2.03. The summed E-state index contributed by atoms with van der Waals surface area (Å²) in [6, 6.07) is 0. The average molecular weight is 260 g/mol. The molecule has 0 amide bonds. The van der Waals surface area contributed by atoms with Crippen LogP contribution < -0.4 is 0 Å². The number of hydrogen-bond acceptors (Lipinski definition) is 1. The van der Waals surface area contributed by atoms with E-state index in [1.54, 1.807) is 0 Å². The Morgan fingerprint density at radius 2 is 0.833 bits per heavy atom. The van der Waals surface area contributed by atoms with Crippen LogP contribution in [-0.2, 0) is 4.79 Å². The molecule has 0 saturated carbocycles. The van der Waals surface area contributed by atoms with Gasteiger partial charge in [-0.3, -0.25) is 4.79 Å². The summed E-state index contributed by atoms with van der Waals surface area (Å²) in [5.41, 5.74) is 0. The molecule has 0 bridgehead atoms. The Bertz CT molecular complexity index is 119. The lowest BCUT2D eigenvalue weighted by Gasteiger charge is -1.93. The fraction of sp³-hybridized carbons (Fsp3) is 0.938. The number of carboxylic acids is 1. The number of rotatable bonds is 8. The van der Waals surface area contributed by atoms with Gasteiger partial charge in [0.25, 0.3) is 5.97 Å². The number of aliphatic carboxylic acids is 1. The minimum atomic E-state index is -0.833. The first-order chi connectivity index (χ1) is 8.56. The van der Waals surface area contributed by atoms with E-state index in [4.69, 9.17) is 9.90 Å². The van der Waals surface area contributed by atoms with E-state index in [2.05, 4.69) is 27.7 Å². The molecule has 0 aliphatic carbocycles. The van der Waals surface area contributed by atoms with Crippen molar-refractivity contribution in [2.75, 3.05) is 0 Å². The molecule has 0 spiro atoms. The second-order valence-electron chi connectivity index (χ2n) is 4.64. The van der Waals surface area contributed by atoms with E-state index in [0.717, 1.165) is 6.92 Å². The molecule has 18 heavy (non-hydrogen) atoms. The van der Waals surface area contributed by atoms with Gasteiger partial charge in [0.05, 0.1) is 0 Å². The van der Waals surface area contributed by atoms with E-state index < -0.39 is 5.97 Å². The lowest BCUT2D eigenvalue weighted by Crippen LogP contribution is -1.78. The van der Waals surface area contributed by atoms with Gasteiger partial charge in [-0.15, -0.1) is 0 Å². The van der Waals surface area contributed by atoms with Crippen LogP contribution in [0.2, 0.25) is 0 Å². The molecule has 0 atom stereocenters. The molecular weight excluding hydrogens is 224 g/mol. The molecule has 2 heteroatoms. The molecule has 1 N–H and O–H groups in total. The van der Waals surface area contributed by atoms with Crippen LogP contribution in [0.4, 0.5) is 0 Å². The van der Waals surface area contributed by atoms with Gasteiger partial charge >= 0.3 is 0 Å². The smallest absolute Gasteiger partial charge is 0.300 e. The maximum atomic E-state index is 9.00. The molecule has 0 aliphatic heterocycles. The molecular formula is C16H36O2. The van der Waals surface area contributed by atoms with Gasteiger partial charge in [0.2, 0.25) is 0 Å². The summed E-state index contributed by atoms with van der Waals surface area (Å²) in [5, 5.41) is 7.42. The second kappa shape index (κ2) is 25.3. The lowest BCUT2D eigenvalue weighted by atomic mass is 10.1. The van der Waals surface area contributed by atoms with Crippen LogP contribution in [0.5, 0.6) is 0 Å². The molecule has 0 rings (SSSR count). The van der Waals surface area contributed by atoms with Crippen molar-refractivity contribution in [3.05, 3.63) is 0 Å². The monoisotopic (exact) mass is 260 g/mol. The molecule has 0 aromatic heterocycles. The quantitative estimate of drug-likeness (QED) is 0.540. The highest BCUT2D eigenvalue weighted by atomic mass is 16.4. The van der Waals surface area contributed by atoms with Gasteiger partial charge in [-0.2, -0.15) is 0 Å². The highest BCUT2D eigenvalue weighted by molar-refractivity contribution is 5.62. The minimum Gasteiger partial charge on any atom is -0.481 e. The maximum Gasteiger partial charge on any atom is 0.300 e. The Morgan fingerprint density at radius 3 is 1.00 bits per heavy atom.